The largest absolute Gasteiger partial charge is 0.496 e. The van der Waals surface area contributed by atoms with Crippen LogP contribution in [0.25, 0.3) is 0 Å². The summed E-state index contributed by atoms with van der Waals surface area (Å²) >= 11 is 2.33. The van der Waals surface area contributed by atoms with Gasteiger partial charge in [0.05, 0.1) is 7.11 Å². The standard InChI is InChI=1S/C9H12INO/c1-11-8-3-4-9(12-2)7(5-8)6-10/h3-5,11H,6H2,1-2H3. The lowest BCUT2D eigenvalue weighted by Gasteiger charge is -2.07. The first-order chi connectivity index (χ1) is 5.81. The molecule has 0 atom stereocenters. The molecule has 2 nitrogen and oxygen atoms in total. The van der Waals surface area contributed by atoms with Crippen molar-refractivity contribution in [1.29, 1.82) is 0 Å². The van der Waals surface area contributed by atoms with Crippen LogP contribution < -0.4 is 10.1 Å². The fourth-order valence-corrected chi connectivity index (χ4v) is 1.63. The molecule has 0 aliphatic heterocycles. The van der Waals surface area contributed by atoms with Gasteiger partial charge in [0.1, 0.15) is 5.75 Å². The molecule has 0 radical (unpaired) electrons. The van der Waals surface area contributed by atoms with Crippen molar-refractivity contribution in [2.75, 3.05) is 19.5 Å². The number of rotatable bonds is 3. The Bertz CT molecular complexity index is 263. The van der Waals surface area contributed by atoms with E-state index in [0.717, 1.165) is 15.9 Å². The molecule has 0 aliphatic carbocycles. The number of alkyl halides is 1. The van der Waals surface area contributed by atoms with E-state index < -0.39 is 0 Å². The summed E-state index contributed by atoms with van der Waals surface area (Å²) in [5, 5.41) is 3.09. The number of ether oxygens (including phenoxy) is 1. The van der Waals surface area contributed by atoms with Gasteiger partial charge in [-0.1, -0.05) is 22.6 Å². The number of nitrogens with one attached hydrogen (secondary N) is 1. The Labute approximate surface area is 86.5 Å². The topological polar surface area (TPSA) is 21.3 Å². The van der Waals surface area contributed by atoms with Gasteiger partial charge < -0.3 is 10.1 Å². The fourth-order valence-electron chi connectivity index (χ4n) is 1.04. The quantitative estimate of drug-likeness (QED) is 0.677. The predicted molar refractivity (Wildman–Crippen MR) is 60.3 cm³/mol. The van der Waals surface area contributed by atoms with Crippen LogP contribution in [0.3, 0.4) is 0 Å². The molecule has 0 unspecified atom stereocenters. The molecule has 0 saturated heterocycles. The van der Waals surface area contributed by atoms with Crippen molar-refractivity contribution in [2.24, 2.45) is 0 Å². The second kappa shape index (κ2) is 4.54. The van der Waals surface area contributed by atoms with E-state index >= 15 is 0 Å². The van der Waals surface area contributed by atoms with E-state index in [1.165, 1.54) is 5.56 Å². The van der Waals surface area contributed by atoms with Gasteiger partial charge >= 0.3 is 0 Å². The monoisotopic (exact) mass is 277 g/mol. The third-order valence-corrected chi connectivity index (χ3v) is 2.53. The third kappa shape index (κ3) is 2.03. The van der Waals surface area contributed by atoms with Crippen LogP contribution in [0, 0.1) is 0 Å². The highest BCUT2D eigenvalue weighted by Gasteiger charge is 2.01. The lowest BCUT2D eigenvalue weighted by Crippen LogP contribution is -1.92. The molecule has 66 valence electrons. The Morgan fingerprint density at radius 3 is 2.75 bits per heavy atom. The second-order valence-corrected chi connectivity index (χ2v) is 3.17. The van der Waals surface area contributed by atoms with Gasteiger partial charge in [0.25, 0.3) is 0 Å². The van der Waals surface area contributed by atoms with Gasteiger partial charge in [0, 0.05) is 22.7 Å². The van der Waals surface area contributed by atoms with Crippen LogP contribution in [0.5, 0.6) is 5.75 Å². The summed E-state index contributed by atoms with van der Waals surface area (Å²) < 4.78 is 6.17. The van der Waals surface area contributed by atoms with Crippen LogP contribution in [-0.2, 0) is 4.43 Å². The van der Waals surface area contributed by atoms with E-state index in [2.05, 4.69) is 34.0 Å². The van der Waals surface area contributed by atoms with Crippen LogP contribution in [0.15, 0.2) is 18.2 Å². The third-order valence-electron chi connectivity index (χ3n) is 1.71. The number of hydrogen-bond donors (Lipinski definition) is 1. The van der Waals surface area contributed by atoms with Gasteiger partial charge in [0.15, 0.2) is 0 Å². The molecule has 0 saturated carbocycles. The minimum Gasteiger partial charge on any atom is -0.496 e. The Morgan fingerprint density at radius 1 is 1.50 bits per heavy atom. The van der Waals surface area contributed by atoms with Crippen molar-refractivity contribution in [3.8, 4) is 5.75 Å². The highest BCUT2D eigenvalue weighted by atomic mass is 127. The van der Waals surface area contributed by atoms with Crippen LogP contribution in [0.2, 0.25) is 0 Å². The number of halogens is 1. The minimum absolute atomic E-state index is 0.961. The molecule has 1 aromatic rings. The zero-order valence-corrected chi connectivity index (χ0v) is 9.38. The Morgan fingerprint density at radius 2 is 2.25 bits per heavy atom. The molecule has 1 aromatic carbocycles. The van der Waals surface area contributed by atoms with Gasteiger partial charge in [-0.25, -0.2) is 0 Å². The Balaban J connectivity index is 3.02. The summed E-state index contributed by atoms with van der Waals surface area (Å²) in [5.41, 5.74) is 2.35. The van der Waals surface area contributed by atoms with Gasteiger partial charge in [-0.3, -0.25) is 0 Å². The molecule has 1 rings (SSSR count). The fraction of sp³-hybridized carbons (Fsp3) is 0.333. The molecular formula is C9H12INO. The molecule has 0 heterocycles. The predicted octanol–water partition coefficient (Wildman–Crippen LogP) is 2.67. The normalized spacial score (nSPS) is 9.58. The zero-order chi connectivity index (χ0) is 8.97. The summed E-state index contributed by atoms with van der Waals surface area (Å²) in [6.07, 6.45) is 0. The first kappa shape index (κ1) is 9.64. The van der Waals surface area contributed by atoms with E-state index in [9.17, 15) is 0 Å². The average Bonchev–Trinajstić information content (AvgIpc) is 2.16. The maximum atomic E-state index is 5.20. The molecule has 0 aliphatic rings. The molecule has 0 amide bonds. The minimum atomic E-state index is 0.961. The summed E-state index contributed by atoms with van der Waals surface area (Å²) in [6, 6.07) is 6.10. The second-order valence-electron chi connectivity index (χ2n) is 2.41. The van der Waals surface area contributed by atoms with E-state index in [1.807, 2.05) is 19.2 Å². The molecule has 1 N–H and O–H groups in total. The average molecular weight is 277 g/mol. The highest BCUT2D eigenvalue weighted by Crippen LogP contribution is 2.24. The van der Waals surface area contributed by atoms with Crippen LogP contribution in [0.1, 0.15) is 5.56 Å². The van der Waals surface area contributed by atoms with Crippen molar-refractivity contribution in [1.82, 2.24) is 0 Å². The smallest absolute Gasteiger partial charge is 0.122 e. The van der Waals surface area contributed by atoms with Crippen molar-refractivity contribution >= 4 is 28.3 Å². The van der Waals surface area contributed by atoms with Crippen LogP contribution >= 0.6 is 22.6 Å². The molecule has 3 heteroatoms. The molecule has 0 fully saturated rings. The maximum Gasteiger partial charge on any atom is 0.122 e. The van der Waals surface area contributed by atoms with Crippen molar-refractivity contribution in [2.45, 2.75) is 4.43 Å². The lowest BCUT2D eigenvalue weighted by molar-refractivity contribution is 0.411. The van der Waals surface area contributed by atoms with E-state index in [0.29, 0.717) is 0 Å². The van der Waals surface area contributed by atoms with E-state index in [4.69, 9.17) is 4.74 Å². The molecule has 12 heavy (non-hydrogen) atoms. The lowest BCUT2D eigenvalue weighted by atomic mass is 10.2. The first-order valence-electron chi connectivity index (χ1n) is 3.72. The van der Waals surface area contributed by atoms with Gasteiger partial charge in [-0.15, -0.1) is 0 Å². The maximum absolute atomic E-state index is 5.20. The number of hydrogen-bond acceptors (Lipinski definition) is 2. The SMILES string of the molecule is CNc1ccc(OC)c(CI)c1. The van der Waals surface area contributed by atoms with Crippen molar-refractivity contribution < 1.29 is 4.74 Å². The zero-order valence-electron chi connectivity index (χ0n) is 7.23. The molecule has 0 bridgehead atoms. The highest BCUT2D eigenvalue weighted by molar-refractivity contribution is 14.1. The van der Waals surface area contributed by atoms with Crippen molar-refractivity contribution in [3.63, 3.8) is 0 Å². The molecular weight excluding hydrogens is 265 g/mol. The van der Waals surface area contributed by atoms with Gasteiger partial charge in [0.2, 0.25) is 0 Å². The van der Waals surface area contributed by atoms with Gasteiger partial charge in [-0.2, -0.15) is 0 Å². The summed E-state index contributed by atoms with van der Waals surface area (Å²) in [6.45, 7) is 0. The Kier molecular flexibility index (Phi) is 3.65. The van der Waals surface area contributed by atoms with E-state index in [1.54, 1.807) is 7.11 Å². The number of anilines is 1. The van der Waals surface area contributed by atoms with E-state index in [-0.39, 0.29) is 0 Å². The summed E-state index contributed by atoms with van der Waals surface area (Å²) in [4.78, 5) is 0. The summed E-state index contributed by atoms with van der Waals surface area (Å²) in [5.74, 6) is 0.961. The summed E-state index contributed by atoms with van der Waals surface area (Å²) in [7, 11) is 3.61. The van der Waals surface area contributed by atoms with Crippen molar-refractivity contribution in [3.05, 3.63) is 23.8 Å². The van der Waals surface area contributed by atoms with Crippen LogP contribution in [0.4, 0.5) is 5.69 Å². The number of methoxy groups -OCH3 is 1. The molecule has 0 aromatic heterocycles. The Hall–Kier alpha value is -0.450. The van der Waals surface area contributed by atoms with Gasteiger partial charge in [-0.05, 0) is 18.2 Å². The van der Waals surface area contributed by atoms with Crippen LogP contribution in [-0.4, -0.2) is 14.2 Å². The molecule has 0 spiro atoms. The number of benzene rings is 1. The first-order valence-corrected chi connectivity index (χ1v) is 5.25.